The summed E-state index contributed by atoms with van der Waals surface area (Å²) in [6, 6.07) is 4.19. The Kier molecular flexibility index (Phi) is 5.69. The largest absolute Gasteiger partial charge is 0.497 e. The van der Waals surface area contributed by atoms with Gasteiger partial charge in [0.1, 0.15) is 5.75 Å². The summed E-state index contributed by atoms with van der Waals surface area (Å²) in [6.07, 6.45) is -9.05. The number of rotatable bonds is 7. The van der Waals surface area contributed by atoms with Gasteiger partial charge in [-0.15, -0.1) is 0 Å². The molecule has 0 aromatic heterocycles. The third-order valence-electron chi connectivity index (χ3n) is 3.23. The lowest BCUT2D eigenvalue weighted by Crippen LogP contribution is -2.63. The van der Waals surface area contributed by atoms with E-state index in [0.29, 0.717) is 0 Å². The van der Waals surface area contributed by atoms with E-state index in [1.165, 1.54) is 7.11 Å². The van der Waals surface area contributed by atoms with Crippen molar-refractivity contribution in [1.29, 1.82) is 0 Å². The molecule has 0 amide bonds. The number of ether oxygens (including phenoxy) is 1. The molecule has 0 bridgehead atoms. The molecule has 0 aliphatic heterocycles. The molecule has 0 radical (unpaired) electrons. The molecular weight excluding hydrogens is 387 g/mol. The molecule has 146 valence electrons. The molecule has 0 aliphatic rings. The average molecular weight is 396 g/mol. The second kappa shape index (κ2) is 6.80. The van der Waals surface area contributed by atoms with E-state index in [9.17, 15) is 49.1 Å². The minimum atomic E-state index is -7.19. The predicted molar refractivity (Wildman–Crippen MR) is 67.8 cm³/mol. The van der Waals surface area contributed by atoms with Crippen LogP contribution in [0.3, 0.4) is 0 Å². The molecule has 1 rings (SSSR count). The highest BCUT2D eigenvalue weighted by Gasteiger charge is 2.83. The first-order valence-corrected chi connectivity index (χ1v) is 6.50. The highest BCUT2D eigenvalue weighted by molar-refractivity contribution is 6.10. The monoisotopic (exact) mass is 396 g/mol. The van der Waals surface area contributed by atoms with E-state index < -0.39 is 47.5 Å². The van der Waals surface area contributed by atoms with Crippen molar-refractivity contribution in [3.8, 4) is 5.75 Å². The third-order valence-corrected chi connectivity index (χ3v) is 3.23. The smallest absolute Gasteiger partial charge is 0.460 e. The minimum Gasteiger partial charge on any atom is -0.497 e. The summed E-state index contributed by atoms with van der Waals surface area (Å²) in [5.74, 6) is -25.1. The lowest BCUT2D eigenvalue weighted by molar-refractivity contribution is -0.388. The van der Waals surface area contributed by atoms with Gasteiger partial charge in [0.15, 0.2) is 5.78 Å². The number of carbonyl (C=O) groups excluding carboxylic acids is 2. The van der Waals surface area contributed by atoms with Crippen molar-refractivity contribution >= 4 is 11.6 Å². The van der Waals surface area contributed by atoms with E-state index in [4.69, 9.17) is 4.74 Å². The highest BCUT2D eigenvalue weighted by Crippen LogP contribution is 2.53. The summed E-state index contributed by atoms with van der Waals surface area (Å²) in [5.41, 5.74) is -0.444. The van der Waals surface area contributed by atoms with Gasteiger partial charge < -0.3 is 4.74 Å². The zero-order valence-electron chi connectivity index (χ0n) is 12.6. The van der Waals surface area contributed by atoms with Gasteiger partial charge in [-0.3, -0.25) is 9.59 Å². The summed E-state index contributed by atoms with van der Waals surface area (Å²) in [7, 11) is 1.24. The van der Waals surface area contributed by atoms with Crippen molar-refractivity contribution in [2.24, 2.45) is 0 Å². The van der Waals surface area contributed by atoms with Crippen molar-refractivity contribution in [3.05, 3.63) is 29.8 Å². The molecule has 0 atom stereocenters. The fourth-order valence-electron chi connectivity index (χ4n) is 1.69. The van der Waals surface area contributed by atoms with Crippen molar-refractivity contribution in [1.82, 2.24) is 0 Å². The van der Waals surface area contributed by atoms with Crippen LogP contribution in [0.15, 0.2) is 24.3 Å². The van der Waals surface area contributed by atoms with Gasteiger partial charge >= 0.3 is 23.9 Å². The van der Waals surface area contributed by atoms with Crippen LogP contribution in [0.5, 0.6) is 5.75 Å². The van der Waals surface area contributed by atoms with E-state index >= 15 is 0 Å². The molecule has 0 N–H and O–H groups in total. The van der Waals surface area contributed by atoms with E-state index in [2.05, 4.69) is 0 Å². The Morgan fingerprint density at radius 2 is 1.31 bits per heavy atom. The zero-order valence-corrected chi connectivity index (χ0v) is 12.6. The normalized spacial score (nSPS) is 13.5. The van der Waals surface area contributed by atoms with Crippen molar-refractivity contribution in [3.63, 3.8) is 0 Å². The number of carbonyl (C=O) groups is 2. The van der Waals surface area contributed by atoms with E-state index in [0.717, 1.165) is 24.3 Å². The lowest BCUT2D eigenvalue weighted by Gasteiger charge is -2.32. The number of ketones is 2. The molecule has 26 heavy (non-hydrogen) atoms. The first-order valence-electron chi connectivity index (χ1n) is 6.50. The standard InChI is InChI=1S/C14H9F9O3/c1-26-8-4-2-7(3-5-8)9(24)6-10(25)11(15,16)12(17,18)13(19,20)14(21,22)23/h2-5H,6H2,1H3. The maximum Gasteiger partial charge on any atom is 0.460 e. The number of Topliss-reactive ketones (excluding diaryl/α,β-unsaturated/α-hetero) is 2. The quantitative estimate of drug-likeness (QED) is 0.392. The molecule has 3 nitrogen and oxygen atoms in total. The van der Waals surface area contributed by atoms with Crippen LogP contribution in [-0.2, 0) is 4.79 Å². The molecule has 0 fully saturated rings. The molecule has 0 unspecified atom stereocenters. The first-order chi connectivity index (χ1) is 11.6. The van der Waals surface area contributed by atoms with Crippen molar-refractivity contribution < 1.29 is 53.8 Å². The average Bonchev–Trinajstić information content (AvgIpc) is 2.53. The molecular formula is C14H9F9O3. The van der Waals surface area contributed by atoms with Crippen LogP contribution in [0.1, 0.15) is 16.8 Å². The van der Waals surface area contributed by atoms with Crippen molar-refractivity contribution in [2.75, 3.05) is 7.11 Å². The van der Waals surface area contributed by atoms with Gasteiger partial charge in [0, 0.05) is 5.56 Å². The number of benzene rings is 1. The van der Waals surface area contributed by atoms with Crippen LogP contribution in [0, 0.1) is 0 Å². The molecule has 1 aromatic rings. The number of methoxy groups -OCH3 is 1. The van der Waals surface area contributed by atoms with Crippen molar-refractivity contribution in [2.45, 2.75) is 30.4 Å². The number of hydrogen-bond acceptors (Lipinski definition) is 3. The van der Waals surface area contributed by atoms with Gasteiger partial charge in [-0.25, -0.2) is 0 Å². The van der Waals surface area contributed by atoms with E-state index in [-0.39, 0.29) is 5.75 Å². The third kappa shape index (κ3) is 3.63. The number of alkyl halides is 9. The molecule has 0 saturated carbocycles. The second-order valence-electron chi connectivity index (χ2n) is 4.97. The summed E-state index contributed by atoms with van der Waals surface area (Å²) in [5, 5.41) is 0. The summed E-state index contributed by atoms with van der Waals surface area (Å²) >= 11 is 0. The maximum atomic E-state index is 13.4. The Balaban J connectivity index is 3.07. The van der Waals surface area contributed by atoms with Crippen LogP contribution >= 0.6 is 0 Å². The molecule has 12 heteroatoms. The summed E-state index contributed by atoms with van der Waals surface area (Å²) in [6.45, 7) is 0. The summed E-state index contributed by atoms with van der Waals surface area (Å²) in [4.78, 5) is 22.8. The van der Waals surface area contributed by atoms with Gasteiger partial charge in [0.05, 0.1) is 13.5 Å². The fourth-order valence-corrected chi connectivity index (χ4v) is 1.69. The van der Waals surface area contributed by atoms with Gasteiger partial charge in [-0.05, 0) is 24.3 Å². The number of hydrogen-bond donors (Lipinski definition) is 0. The Hall–Kier alpha value is -2.27. The van der Waals surface area contributed by atoms with Gasteiger partial charge in [0.25, 0.3) is 0 Å². The molecule has 0 heterocycles. The second-order valence-corrected chi connectivity index (χ2v) is 4.97. The molecule has 1 aromatic carbocycles. The fraction of sp³-hybridized carbons (Fsp3) is 0.429. The minimum absolute atomic E-state index is 0.203. The number of halogens is 9. The van der Waals surface area contributed by atoms with Crippen LogP contribution in [0.25, 0.3) is 0 Å². The zero-order chi connectivity index (χ0) is 20.6. The van der Waals surface area contributed by atoms with Gasteiger partial charge in [-0.1, -0.05) is 0 Å². The molecule has 0 aliphatic carbocycles. The van der Waals surface area contributed by atoms with Gasteiger partial charge in [-0.2, -0.15) is 39.5 Å². The Morgan fingerprint density at radius 3 is 1.69 bits per heavy atom. The van der Waals surface area contributed by atoms with Crippen LogP contribution < -0.4 is 4.74 Å². The van der Waals surface area contributed by atoms with E-state index in [1.807, 2.05) is 0 Å². The van der Waals surface area contributed by atoms with Crippen LogP contribution in [-0.4, -0.2) is 42.6 Å². The summed E-state index contributed by atoms with van der Waals surface area (Å²) < 4.78 is 119. The van der Waals surface area contributed by atoms with Crippen LogP contribution in [0.2, 0.25) is 0 Å². The Morgan fingerprint density at radius 1 is 0.846 bits per heavy atom. The predicted octanol–water partition coefficient (Wildman–Crippen LogP) is 4.31. The van der Waals surface area contributed by atoms with E-state index in [1.54, 1.807) is 0 Å². The maximum absolute atomic E-state index is 13.4. The SMILES string of the molecule is COc1ccc(C(=O)CC(=O)C(F)(F)C(F)(F)C(F)(F)C(F)(F)F)cc1. The van der Waals surface area contributed by atoms with Crippen LogP contribution in [0.4, 0.5) is 39.5 Å². The van der Waals surface area contributed by atoms with Gasteiger partial charge in [0.2, 0.25) is 5.78 Å². The lowest BCUT2D eigenvalue weighted by atomic mass is 9.95. The molecule has 0 spiro atoms. The Labute approximate surface area is 139 Å². The topological polar surface area (TPSA) is 43.4 Å². The molecule has 0 saturated heterocycles. The first kappa shape index (κ1) is 21.8. The highest BCUT2D eigenvalue weighted by atomic mass is 19.4. The Bertz CT molecular complexity index is 678.